The molecule has 2 aliphatic rings. The quantitative estimate of drug-likeness (QED) is 0.871. The first-order valence-corrected chi connectivity index (χ1v) is 9.04. The van der Waals surface area contributed by atoms with Crippen LogP contribution in [0.25, 0.3) is 0 Å². The Bertz CT molecular complexity index is 455. The van der Waals surface area contributed by atoms with Crippen LogP contribution in [0.5, 0.6) is 0 Å². The highest BCUT2D eigenvalue weighted by Gasteiger charge is 2.23. The molecule has 2 N–H and O–H groups in total. The van der Waals surface area contributed by atoms with E-state index < -0.39 is 0 Å². The van der Waals surface area contributed by atoms with Gasteiger partial charge in [0.2, 0.25) is 0 Å². The second-order valence-corrected chi connectivity index (χ2v) is 6.94. The lowest BCUT2D eigenvalue weighted by Gasteiger charge is -2.27. The highest BCUT2D eigenvalue weighted by atomic mass is 16.5. The molecular weight excluding hydrogens is 274 g/mol. The number of rotatable bonds is 5. The highest BCUT2D eigenvalue weighted by molar-refractivity contribution is 5.31. The van der Waals surface area contributed by atoms with E-state index >= 15 is 0 Å². The molecule has 1 aliphatic heterocycles. The maximum atomic E-state index is 10.3. The molecule has 22 heavy (non-hydrogen) atoms. The van der Waals surface area contributed by atoms with E-state index in [4.69, 9.17) is 4.74 Å². The number of ether oxygens (including phenoxy) is 1. The van der Waals surface area contributed by atoms with Gasteiger partial charge >= 0.3 is 0 Å². The molecule has 0 amide bonds. The number of aryl methyl sites for hydroxylation is 1. The summed E-state index contributed by atoms with van der Waals surface area (Å²) >= 11 is 0. The molecule has 122 valence electrons. The van der Waals surface area contributed by atoms with Crippen molar-refractivity contribution in [1.82, 2.24) is 0 Å². The lowest BCUT2D eigenvalue weighted by molar-refractivity contribution is -0.902. The molecule has 1 saturated heterocycles. The van der Waals surface area contributed by atoms with Crippen molar-refractivity contribution in [3.05, 3.63) is 35.4 Å². The molecule has 0 aromatic heterocycles. The summed E-state index contributed by atoms with van der Waals surface area (Å²) in [5.74, 6) is 0. The number of hydrogen-bond acceptors (Lipinski definition) is 2. The molecule has 1 heterocycles. The van der Waals surface area contributed by atoms with Crippen molar-refractivity contribution in [3.8, 4) is 0 Å². The lowest BCUT2D eigenvalue weighted by atomic mass is 9.89. The Morgan fingerprint density at radius 2 is 1.86 bits per heavy atom. The zero-order valence-corrected chi connectivity index (χ0v) is 13.6. The summed E-state index contributed by atoms with van der Waals surface area (Å²) in [7, 11) is 0. The molecule has 2 atom stereocenters. The van der Waals surface area contributed by atoms with Crippen molar-refractivity contribution in [1.29, 1.82) is 0 Å². The van der Waals surface area contributed by atoms with Crippen molar-refractivity contribution in [2.75, 3.05) is 26.2 Å². The van der Waals surface area contributed by atoms with E-state index in [-0.39, 0.29) is 12.2 Å². The van der Waals surface area contributed by atoms with E-state index in [1.807, 2.05) is 0 Å². The van der Waals surface area contributed by atoms with E-state index in [1.54, 1.807) is 4.90 Å². The molecule has 1 fully saturated rings. The van der Waals surface area contributed by atoms with Crippen molar-refractivity contribution in [2.45, 2.75) is 57.2 Å². The number of nitrogens with one attached hydrogen (secondary N) is 1. The van der Waals surface area contributed by atoms with Gasteiger partial charge in [-0.1, -0.05) is 24.3 Å². The summed E-state index contributed by atoms with van der Waals surface area (Å²) < 4.78 is 6.08. The Hall–Kier alpha value is -0.900. The van der Waals surface area contributed by atoms with Gasteiger partial charge in [-0.3, -0.25) is 0 Å². The molecule has 0 bridgehead atoms. The normalized spacial score (nSPS) is 24.5. The standard InChI is InChI=1S/C19H29NO2/c21-17(14-20-12-5-1-2-6-13-20)15-22-19-11-7-9-16-8-3-4-10-18(16)19/h3-4,8,10,17,19,21H,1-2,5-7,9,11-15H2/p+1/t17-,19+/m1/s1. The van der Waals surface area contributed by atoms with Crippen LogP contribution in [-0.4, -0.2) is 37.5 Å². The minimum Gasteiger partial charge on any atom is -0.385 e. The molecule has 1 aromatic carbocycles. The van der Waals surface area contributed by atoms with Crippen LogP contribution in [0, 0.1) is 0 Å². The summed E-state index contributed by atoms with van der Waals surface area (Å²) in [6.07, 6.45) is 8.61. The van der Waals surface area contributed by atoms with Gasteiger partial charge < -0.3 is 14.7 Å². The number of benzene rings is 1. The van der Waals surface area contributed by atoms with Crippen LogP contribution in [-0.2, 0) is 11.2 Å². The molecule has 0 spiro atoms. The summed E-state index contributed by atoms with van der Waals surface area (Å²) in [6, 6.07) is 8.60. The number of quaternary nitrogens is 1. The first-order chi connectivity index (χ1) is 10.8. The van der Waals surface area contributed by atoms with Crippen LogP contribution in [0.1, 0.15) is 55.8 Å². The third-order valence-electron chi connectivity index (χ3n) is 5.14. The van der Waals surface area contributed by atoms with E-state index in [1.165, 1.54) is 56.3 Å². The van der Waals surface area contributed by atoms with E-state index in [9.17, 15) is 5.11 Å². The molecule has 3 rings (SSSR count). The molecule has 0 unspecified atom stereocenters. The predicted octanol–water partition coefficient (Wildman–Crippen LogP) is 1.90. The maximum absolute atomic E-state index is 10.3. The fourth-order valence-electron chi connectivity index (χ4n) is 3.93. The maximum Gasteiger partial charge on any atom is 0.126 e. The fourth-order valence-corrected chi connectivity index (χ4v) is 3.93. The van der Waals surface area contributed by atoms with Gasteiger partial charge in [-0.2, -0.15) is 0 Å². The van der Waals surface area contributed by atoms with Crippen molar-refractivity contribution < 1.29 is 14.7 Å². The monoisotopic (exact) mass is 304 g/mol. The molecule has 0 saturated carbocycles. The number of aliphatic hydroxyl groups is 1. The summed E-state index contributed by atoms with van der Waals surface area (Å²) in [5, 5.41) is 10.3. The van der Waals surface area contributed by atoms with Gasteiger partial charge in [0.15, 0.2) is 0 Å². The first-order valence-electron chi connectivity index (χ1n) is 9.04. The summed E-state index contributed by atoms with van der Waals surface area (Å²) in [5.41, 5.74) is 2.76. The number of likely N-dealkylation sites (tertiary alicyclic amines) is 1. The largest absolute Gasteiger partial charge is 0.385 e. The van der Waals surface area contributed by atoms with Crippen LogP contribution < -0.4 is 4.90 Å². The number of aliphatic hydroxyl groups excluding tert-OH is 1. The third kappa shape index (κ3) is 4.31. The SMILES string of the molecule is O[C@@H](CO[C@H]1CCCc2ccccc21)C[NH+]1CCCCCC1. The second-order valence-electron chi connectivity index (χ2n) is 6.94. The van der Waals surface area contributed by atoms with E-state index in [2.05, 4.69) is 24.3 Å². The molecule has 1 aliphatic carbocycles. The van der Waals surface area contributed by atoms with Crippen molar-refractivity contribution in [3.63, 3.8) is 0 Å². The van der Waals surface area contributed by atoms with Gasteiger partial charge in [-0.05, 0) is 56.1 Å². The van der Waals surface area contributed by atoms with Gasteiger partial charge in [0.25, 0.3) is 0 Å². The summed E-state index contributed by atoms with van der Waals surface area (Å²) in [6.45, 7) is 3.74. The predicted molar refractivity (Wildman–Crippen MR) is 88.1 cm³/mol. The first kappa shape index (κ1) is 16.0. The Kier molecular flexibility index (Phi) is 5.88. The summed E-state index contributed by atoms with van der Waals surface area (Å²) in [4.78, 5) is 1.55. The molecule has 0 radical (unpaired) electrons. The third-order valence-corrected chi connectivity index (χ3v) is 5.14. The molecule has 3 heteroatoms. The highest BCUT2D eigenvalue weighted by Crippen LogP contribution is 2.32. The Balaban J connectivity index is 1.48. The van der Waals surface area contributed by atoms with E-state index in [0.717, 1.165) is 19.4 Å². The van der Waals surface area contributed by atoms with Crippen LogP contribution in [0.15, 0.2) is 24.3 Å². The van der Waals surface area contributed by atoms with Gasteiger partial charge in [0, 0.05) is 0 Å². The average molecular weight is 304 g/mol. The lowest BCUT2D eigenvalue weighted by Crippen LogP contribution is -3.13. The van der Waals surface area contributed by atoms with E-state index in [0.29, 0.717) is 6.61 Å². The second kappa shape index (κ2) is 8.09. The zero-order valence-electron chi connectivity index (χ0n) is 13.6. The Morgan fingerprint density at radius 3 is 2.68 bits per heavy atom. The Morgan fingerprint density at radius 1 is 1.09 bits per heavy atom. The van der Waals surface area contributed by atoms with Crippen molar-refractivity contribution >= 4 is 0 Å². The van der Waals surface area contributed by atoms with Gasteiger partial charge in [0.05, 0.1) is 25.8 Å². The van der Waals surface area contributed by atoms with Crippen LogP contribution in [0.4, 0.5) is 0 Å². The van der Waals surface area contributed by atoms with Gasteiger partial charge in [0.1, 0.15) is 12.6 Å². The van der Waals surface area contributed by atoms with Gasteiger partial charge in [-0.25, -0.2) is 0 Å². The smallest absolute Gasteiger partial charge is 0.126 e. The molecule has 3 nitrogen and oxygen atoms in total. The minimum absolute atomic E-state index is 0.179. The Labute approximate surface area is 134 Å². The fraction of sp³-hybridized carbons (Fsp3) is 0.684. The molecular formula is C19H30NO2+. The zero-order chi connectivity index (χ0) is 15.2. The number of fused-ring (bicyclic) bond motifs is 1. The number of hydrogen-bond donors (Lipinski definition) is 2. The van der Waals surface area contributed by atoms with Gasteiger partial charge in [-0.15, -0.1) is 0 Å². The average Bonchev–Trinajstić information content (AvgIpc) is 2.81. The van der Waals surface area contributed by atoms with Crippen LogP contribution >= 0.6 is 0 Å². The van der Waals surface area contributed by atoms with Crippen LogP contribution in [0.3, 0.4) is 0 Å². The minimum atomic E-state index is -0.331. The van der Waals surface area contributed by atoms with Crippen LogP contribution in [0.2, 0.25) is 0 Å². The van der Waals surface area contributed by atoms with Crippen molar-refractivity contribution in [2.24, 2.45) is 0 Å². The molecule has 1 aromatic rings. The topological polar surface area (TPSA) is 33.9 Å².